The molecule has 10 heavy (non-hydrogen) atoms. The monoisotopic (exact) mass is 171 g/mol. The van der Waals surface area contributed by atoms with Gasteiger partial charge in [-0.25, -0.2) is 4.79 Å². The summed E-state index contributed by atoms with van der Waals surface area (Å²) in [5.74, 6) is 0. The number of hydrogen-bond acceptors (Lipinski definition) is 3. The van der Waals surface area contributed by atoms with E-state index < -0.39 is 14.3 Å². The molecule has 0 heterocycles. The highest BCUT2D eigenvalue weighted by molar-refractivity contribution is 7.30. The third-order valence-corrected chi connectivity index (χ3v) is 0.287. The molecule has 0 aromatic carbocycles. The molecule has 0 unspecified atom stereocenters. The minimum Gasteiger partial charge on any atom is -0.450 e. The van der Waals surface area contributed by atoms with Crippen molar-refractivity contribution in [3.8, 4) is 0 Å². The van der Waals surface area contributed by atoms with Gasteiger partial charge in [-0.2, -0.15) is 0 Å². The Morgan fingerprint density at radius 2 is 2.00 bits per heavy atom. The summed E-state index contributed by atoms with van der Waals surface area (Å²) in [6, 6.07) is 0. The molecule has 0 rings (SSSR count). The molecule has 0 bridgehead atoms. The lowest BCUT2D eigenvalue weighted by atomic mass is 10.9. The molecule has 0 aliphatic rings. The Hall–Kier alpha value is -0.580. The lowest BCUT2D eigenvalue weighted by molar-refractivity contribution is 0.163. The van der Waals surface area contributed by atoms with Crippen LogP contribution >= 0.6 is 8.25 Å². The van der Waals surface area contributed by atoms with E-state index in [0.29, 0.717) is 6.61 Å². The molecule has 0 atom stereocenters. The van der Waals surface area contributed by atoms with Crippen LogP contribution in [0.2, 0.25) is 0 Å². The van der Waals surface area contributed by atoms with Gasteiger partial charge in [-0.3, -0.25) is 4.57 Å². The van der Waals surface area contributed by atoms with Gasteiger partial charge in [0.05, 0.1) is 6.61 Å². The summed E-state index contributed by atoms with van der Waals surface area (Å²) in [7, 11) is -3.13. The van der Waals surface area contributed by atoms with Crippen molar-refractivity contribution in [2.45, 2.75) is 6.92 Å². The Morgan fingerprint density at radius 1 is 1.70 bits per heavy atom. The lowest BCUT2D eigenvalue weighted by Gasteiger charge is -1.89. The highest BCUT2D eigenvalue weighted by Gasteiger charge is 1.82. The zero-order valence-electron chi connectivity index (χ0n) is 5.40. The number of amides is 1. The fraction of sp³-hybridized carbons (Fsp3) is 0.667. The molecule has 6 nitrogen and oxygen atoms in total. The van der Waals surface area contributed by atoms with Crippen molar-refractivity contribution in [3.05, 3.63) is 0 Å². The van der Waals surface area contributed by atoms with Crippen molar-refractivity contribution in [1.82, 2.24) is 0 Å². The smallest absolute Gasteiger partial charge is 0.404 e. The van der Waals surface area contributed by atoms with Crippen LogP contribution in [0.1, 0.15) is 6.92 Å². The third kappa shape index (κ3) is 52.2. The first-order valence-electron chi connectivity index (χ1n) is 2.34. The molecule has 0 aliphatic heterocycles. The summed E-state index contributed by atoms with van der Waals surface area (Å²) in [6.45, 7) is 2.06. The van der Waals surface area contributed by atoms with Gasteiger partial charge in [0.15, 0.2) is 0 Å². The van der Waals surface area contributed by atoms with E-state index in [-0.39, 0.29) is 0 Å². The van der Waals surface area contributed by atoms with Crippen LogP contribution in [-0.2, 0) is 9.30 Å². The van der Waals surface area contributed by atoms with Crippen LogP contribution in [0.4, 0.5) is 4.79 Å². The van der Waals surface area contributed by atoms with Crippen molar-refractivity contribution in [1.29, 1.82) is 0 Å². The molecule has 0 saturated heterocycles. The molecule has 7 heteroatoms. The first-order valence-corrected chi connectivity index (χ1v) is 3.65. The van der Waals surface area contributed by atoms with Gasteiger partial charge < -0.3 is 20.3 Å². The Bertz CT molecular complexity index is 111. The highest BCUT2D eigenvalue weighted by atomic mass is 31.1. The Balaban J connectivity index is 0. The maximum Gasteiger partial charge on any atom is 0.404 e. The van der Waals surface area contributed by atoms with Crippen molar-refractivity contribution in [2.75, 3.05) is 6.61 Å². The Labute approximate surface area is 58.6 Å². The van der Waals surface area contributed by atoms with Crippen LogP contribution in [0.15, 0.2) is 0 Å². The predicted molar refractivity (Wildman–Crippen MR) is 34.6 cm³/mol. The Morgan fingerprint density at radius 3 is 2.00 bits per heavy atom. The van der Waals surface area contributed by atoms with Crippen LogP contribution in [-0.4, -0.2) is 22.5 Å². The van der Waals surface area contributed by atoms with Crippen molar-refractivity contribution in [3.63, 3.8) is 0 Å². The topological polar surface area (TPSA) is 110 Å². The number of ether oxygens (including phenoxy) is 1. The number of carbonyl (C=O) groups excluding carboxylic acids is 1. The number of hydrogen-bond donors (Lipinski definition) is 3. The van der Waals surface area contributed by atoms with E-state index in [9.17, 15) is 4.79 Å². The van der Waals surface area contributed by atoms with Crippen molar-refractivity contribution < 1.29 is 23.9 Å². The largest absolute Gasteiger partial charge is 0.450 e. The maximum absolute atomic E-state index is 9.60. The Kier molecular flexibility index (Phi) is 10.2. The number of carbonyl (C=O) groups is 1. The summed E-state index contributed by atoms with van der Waals surface area (Å²) in [5.41, 5.74) is 4.54. The number of rotatable bonds is 1. The van der Waals surface area contributed by atoms with Crippen molar-refractivity contribution in [2.24, 2.45) is 5.73 Å². The predicted octanol–water partition coefficient (Wildman–Crippen LogP) is -0.538. The third-order valence-electron chi connectivity index (χ3n) is 0.287. The molecular weight excluding hydrogens is 161 g/mol. The van der Waals surface area contributed by atoms with Gasteiger partial charge in [-0.15, -0.1) is 0 Å². The normalized spacial score (nSPS) is 8.00. The molecule has 0 aliphatic carbocycles. The first kappa shape index (κ1) is 12.1. The number of nitrogens with two attached hydrogens (primary N) is 1. The van der Waals surface area contributed by atoms with Crippen LogP contribution in [0, 0.1) is 0 Å². The van der Waals surface area contributed by atoms with E-state index in [1.807, 2.05) is 0 Å². The fourth-order valence-electron chi connectivity index (χ4n) is 0.142. The van der Waals surface area contributed by atoms with Crippen molar-refractivity contribution >= 4 is 14.3 Å². The fourth-order valence-corrected chi connectivity index (χ4v) is 0.142. The minimum atomic E-state index is -3.13. The van der Waals surface area contributed by atoms with Gasteiger partial charge >= 0.3 is 14.3 Å². The molecule has 0 radical (unpaired) electrons. The van der Waals surface area contributed by atoms with E-state index in [0.717, 1.165) is 0 Å². The summed E-state index contributed by atoms with van der Waals surface area (Å²) >= 11 is 0. The molecule has 0 saturated carbocycles. The van der Waals surface area contributed by atoms with E-state index in [1.165, 1.54) is 0 Å². The average Bonchev–Trinajstić information content (AvgIpc) is 1.62. The van der Waals surface area contributed by atoms with E-state index in [4.69, 9.17) is 14.4 Å². The minimum absolute atomic E-state index is 0.356. The van der Waals surface area contributed by atoms with Crippen LogP contribution < -0.4 is 5.73 Å². The second-order valence-corrected chi connectivity index (χ2v) is 1.60. The number of primary amides is 1. The highest BCUT2D eigenvalue weighted by Crippen LogP contribution is 1.98. The zero-order chi connectivity index (χ0) is 8.57. The molecule has 0 fully saturated rings. The maximum atomic E-state index is 9.60. The summed E-state index contributed by atoms with van der Waals surface area (Å²) in [5, 5.41) is 0. The molecule has 0 aromatic rings. The standard InChI is InChI=1S/C3H7NO2.H3O3P/c1-2-6-3(4)5;1-4(2)3/h2H2,1H3,(H2,4,5);4H,(H2,1,2,3). The summed E-state index contributed by atoms with van der Waals surface area (Å²) in [6.07, 6.45) is -0.711. The van der Waals surface area contributed by atoms with Gasteiger partial charge in [0.25, 0.3) is 0 Å². The zero-order valence-corrected chi connectivity index (χ0v) is 6.40. The van der Waals surface area contributed by atoms with Crippen LogP contribution in [0.5, 0.6) is 0 Å². The average molecular weight is 171 g/mol. The molecular formula is C3H10NO5P. The molecule has 0 spiro atoms. The van der Waals surface area contributed by atoms with E-state index in [1.54, 1.807) is 6.92 Å². The lowest BCUT2D eigenvalue weighted by Crippen LogP contribution is -2.11. The second-order valence-electron chi connectivity index (χ2n) is 1.03. The van der Waals surface area contributed by atoms with Gasteiger partial charge in [-0.05, 0) is 6.92 Å². The summed E-state index contributed by atoms with van der Waals surface area (Å²) < 4.78 is 12.9. The molecule has 0 aromatic heterocycles. The summed E-state index contributed by atoms with van der Waals surface area (Å²) in [4.78, 5) is 23.9. The quantitative estimate of drug-likeness (QED) is 0.459. The van der Waals surface area contributed by atoms with E-state index >= 15 is 0 Å². The van der Waals surface area contributed by atoms with Crippen LogP contribution in [0.3, 0.4) is 0 Å². The van der Waals surface area contributed by atoms with Crippen LogP contribution in [0.25, 0.3) is 0 Å². The molecule has 62 valence electrons. The van der Waals surface area contributed by atoms with Gasteiger partial charge in [0.1, 0.15) is 0 Å². The second kappa shape index (κ2) is 8.42. The van der Waals surface area contributed by atoms with Gasteiger partial charge in [-0.1, -0.05) is 0 Å². The first-order chi connectivity index (χ1) is 4.50. The van der Waals surface area contributed by atoms with Gasteiger partial charge in [0.2, 0.25) is 0 Å². The SMILES string of the molecule is CCOC(N)=O.O=[PH](O)O. The van der Waals surface area contributed by atoms with E-state index in [2.05, 4.69) is 10.5 Å². The molecule has 4 N–H and O–H groups in total. The molecule has 1 amide bonds. The van der Waals surface area contributed by atoms with Gasteiger partial charge in [0, 0.05) is 0 Å².